The quantitative estimate of drug-likeness (QED) is 0.292. The molecule has 0 aromatic rings. The summed E-state index contributed by atoms with van der Waals surface area (Å²) in [4.78, 5) is 0. The van der Waals surface area contributed by atoms with Crippen LogP contribution in [0.3, 0.4) is 0 Å². The van der Waals surface area contributed by atoms with Crippen molar-refractivity contribution in [2.24, 2.45) is 11.8 Å². The highest BCUT2D eigenvalue weighted by atomic mass is 14.1. The van der Waals surface area contributed by atoms with E-state index in [4.69, 9.17) is 0 Å². The molecule has 0 heterocycles. The first-order valence-corrected chi connectivity index (χ1v) is 8.99. The largest absolute Gasteiger partial charge is 0.0654 e. The van der Waals surface area contributed by atoms with Crippen LogP contribution in [-0.2, 0) is 0 Å². The maximum Gasteiger partial charge on any atom is -0.0443 e. The zero-order chi connectivity index (χ0) is 14.3. The summed E-state index contributed by atoms with van der Waals surface area (Å²) in [5.41, 5.74) is 0. The zero-order valence-electron chi connectivity index (χ0n) is 14.1. The Hall–Kier alpha value is 0. The molecule has 2 atom stereocenters. The molecule has 115 valence electrons. The van der Waals surface area contributed by atoms with Crippen molar-refractivity contribution in [3.8, 4) is 0 Å². The number of hydrogen-bond acceptors (Lipinski definition) is 0. The summed E-state index contributed by atoms with van der Waals surface area (Å²) in [6.45, 7) is 11.0. The van der Waals surface area contributed by atoms with Crippen LogP contribution in [0.5, 0.6) is 0 Å². The van der Waals surface area contributed by atoms with Crippen LogP contribution in [0.2, 0.25) is 0 Å². The summed E-state index contributed by atoms with van der Waals surface area (Å²) in [5.74, 6) is 1.57. The third kappa shape index (κ3) is 15.9. The van der Waals surface area contributed by atoms with E-state index in [-0.39, 0.29) is 0 Å². The van der Waals surface area contributed by atoms with Crippen molar-refractivity contribution in [1.29, 1.82) is 0 Å². The molecular formula is C19H39. The second kappa shape index (κ2) is 14.4. The summed E-state index contributed by atoms with van der Waals surface area (Å²) in [7, 11) is 0. The Morgan fingerprint density at radius 1 is 0.632 bits per heavy atom. The molecule has 0 amide bonds. The molecule has 0 bridgehead atoms. The van der Waals surface area contributed by atoms with Crippen LogP contribution >= 0.6 is 0 Å². The molecule has 0 saturated carbocycles. The average Bonchev–Trinajstić information content (AvgIpc) is 2.36. The lowest BCUT2D eigenvalue weighted by atomic mass is 9.95. The Morgan fingerprint density at radius 2 is 1.11 bits per heavy atom. The lowest BCUT2D eigenvalue weighted by molar-refractivity contribution is 0.424. The van der Waals surface area contributed by atoms with Crippen LogP contribution in [0.1, 0.15) is 104 Å². The van der Waals surface area contributed by atoms with Crippen LogP contribution in [0.4, 0.5) is 0 Å². The molecule has 0 N–H and O–H groups in total. The maximum atomic E-state index is 4.06. The molecule has 0 aliphatic heterocycles. The van der Waals surface area contributed by atoms with Crippen LogP contribution in [0, 0.1) is 18.8 Å². The van der Waals surface area contributed by atoms with E-state index < -0.39 is 0 Å². The summed E-state index contributed by atoms with van der Waals surface area (Å²) in [6.07, 6.45) is 18.6. The third-order valence-corrected chi connectivity index (χ3v) is 4.19. The van der Waals surface area contributed by atoms with E-state index >= 15 is 0 Å². The van der Waals surface area contributed by atoms with Crippen LogP contribution in [0.25, 0.3) is 0 Å². The molecule has 0 aromatic heterocycles. The van der Waals surface area contributed by atoms with Gasteiger partial charge in [0.05, 0.1) is 0 Å². The van der Waals surface area contributed by atoms with Gasteiger partial charge in [0.25, 0.3) is 0 Å². The first-order chi connectivity index (χ1) is 9.16. The molecule has 0 fully saturated rings. The summed E-state index contributed by atoms with van der Waals surface area (Å²) in [5, 5.41) is 0. The van der Waals surface area contributed by atoms with Gasteiger partial charge in [0.2, 0.25) is 0 Å². The first-order valence-electron chi connectivity index (χ1n) is 8.99. The SMILES string of the molecule is [CH2]C(C)CCCC(C)CCCCCCCCCCC. The highest BCUT2D eigenvalue weighted by Gasteiger charge is 2.03. The molecule has 0 saturated heterocycles. The molecule has 0 spiro atoms. The topological polar surface area (TPSA) is 0 Å². The molecule has 0 heteroatoms. The van der Waals surface area contributed by atoms with Crippen molar-refractivity contribution in [3.05, 3.63) is 6.92 Å². The van der Waals surface area contributed by atoms with Gasteiger partial charge in [0.15, 0.2) is 0 Å². The zero-order valence-corrected chi connectivity index (χ0v) is 14.1. The molecule has 0 aliphatic carbocycles. The van der Waals surface area contributed by atoms with Crippen molar-refractivity contribution in [2.75, 3.05) is 0 Å². The molecule has 2 unspecified atom stereocenters. The van der Waals surface area contributed by atoms with Gasteiger partial charge in [0.1, 0.15) is 0 Å². The fourth-order valence-corrected chi connectivity index (χ4v) is 2.76. The Bertz CT molecular complexity index is 159. The van der Waals surface area contributed by atoms with Crippen molar-refractivity contribution in [2.45, 2.75) is 104 Å². The van der Waals surface area contributed by atoms with Crippen molar-refractivity contribution < 1.29 is 0 Å². The van der Waals surface area contributed by atoms with Crippen LogP contribution in [-0.4, -0.2) is 0 Å². The average molecular weight is 268 g/mol. The van der Waals surface area contributed by atoms with Crippen molar-refractivity contribution >= 4 is 0 Å². The van der Waals surface area contributed by atoms with E-state index in [2.05, 4.69) is 27.7 Å². The lowest BCUT2D eigenvalue weighted by Crippen LogP contribution is -1.97. The Balaban J connectivity index is 3.12. The second-order valence-corrected chi connectivity index (χ2v) is 6.76. The summed E-state index contributed by atoms with van der Waals surface area (Å²) in [6, 6.07) is 0. The first kappa shape index (κ1) is 19.0. The molecule has 1 radical (unpaired) electrons. The standard InChI is InChI=1S/C19H39/c1-5-6-7-8-9-10-11-12-13-16-19(4)17-14-15-18(2)3/h18-19H,2,5-17H2,1,3-4H3. The maximum absolute atomic E-state index is 4.06. The molecule has 0 aliphatic rings. The third-order valence-electron chi connectivity index (χ3n) is 4.19. The van der Waals surface area contributed by atoms with Gasteiger partial charge in [-0.2, -0.15) is 0 Å². The fourth-order valence-electron chi connectivity index (χ4n) is 2.76. The molecule has 0 aromatic carbocycles. The summed E-state index contributed by atoms with van der Waals surface area (Å²) < 4.78 is 0. The van der Waals surface area contributed by atoms with Crippen molar-refractivity contribution in [3.63, 3.8) is 0 Å². The van der Waals surface area contributed by atoms with E-state index in [9.17, 15) is 0 Å². The van der Waals surface area contributed by atoms with Gasteiger partial charge in [-0.3, -0.25) is 0 Å². The van der Waals surface area contributed by atoms with E-state index in [0.29, 0.717) is 5.92 Å². The smallest absolute Gasteiger partial charge is 0.0443 e. The molecule has 0 nitrogen and oxygen atoms in total. The van der Waals surface area contributed by atoms with E-state index in [1.165, 1.54) is 83.5 Å². The Labute approximate surface area is 123 Å². The van der Waals surface area contributed by atoms with Crippen molar-refractivity contribution in [1.82, 2.24) is 0 Å². The highest BCUT2D eigenvalue weighted by Crippen LogP contribution is 2.18. The minimum Gasteiger partial charge on any atom is -0.0654 e. The Kier molecular flexibility index (Phi) is 14.4. The molecular weight excluding hydrogens is 228 g/mol. The fraction of sp³-hybridized carbons (Fsp3) is 0.947. The van der Waals surface area contributed by atoms with E-state index in [1.54, 1.807) is 0 Å². The van der Waals surface area contributed by atoms with Gasteiger partial charge in [0, 0.05) is 0 Å². The number of hydrogen-bond donors (Lipinski definition) is 0. The molecule has 0 rings (SSSR count). The number of unbranched alkanes of at least 4 members (excludes halogenated alkanes) is 8. The predicted octanol–water partition coefficient (Wildman–Crippen LogP) is 7.18. The highest BCUT2D eigenvalue weighted by molar-refractivity contribution is 4.59. The van der Waals surface area contributed by atoms with E-state index in [0.717, 1.165) is 5.92 Å². The van der Waals surface area contributed by atoms with Gasteiger partial charge < -0.3 is 0 Å². The molecule has 19 heavy (non-hydrogen) atoms. The Morgan fingerprint density at radius 3 is 1.63 bits per heavy atom. The van der Waals surface area contributed by atoms with Gasteiger partial charge in [-0.05, 0) is 11.8 Å². The lowest BCUT2D eigenvalue weighted by Gasteiger charge is -2.12. The van der Waals surface area contributed by atoms with E-state index in [1.807, 2.05) is 0 Å². The van der Waals surface area contributed by atoms with Gasteiger partial charge in [-0.1, -0.05) is 111 Å². The van der Waals surface area contributed by atoms with Crippen LogP contribution < -0.4 is 0 Å². The minimum absolute atomic E-state index is 0.639. The predicted molar refractivity (Wildman–Crippen MR) is 89.4 cm³/mol. The monoisotopic (exact) mass is 267 g/mol. The van der Waals surface area contributed by atoms with Gasteiger partial charge in [-0.15, -0.1) is 0 Å². The minimum atomic E-state index is 0.639. The second-order valence-electron chi connectivity index (χ2n) is 6.76. The van der Waals surface area contributed by atoms with Gasteiger partial charge in [-0.25, -0.2) is 0 Å². The number of rotatable bonds is 14. The normalized spacial score (nSPS) is 13.1. The summed E-state index contributed by atoms with van der Waals surface area (Å²) >= 11 is 0. The van der Waals surface area contributed by atoms with Gasteiger partial charge >= 0.3 is 0 Å². The van der Waals surface area contributed by atoms with Crippen LogP contribution in [0.15, 0.2) is 0 Å².